The molecule has 0 unspecified atom stereocenters. The van der Waals surface area contributed by atoms with Crippen LogP contribution in [0.1, 0.15) is 10.4 Å². The third-order valence-electron chi connectivity index (χ3n) is 4.53. The van der Waals surface area contributed by atoms with Crippen LogP contribution in [0.4, 0.5) is 14.5 Å². The predicted octanol–water partition coefficient (Wildman–Crippen LogP) is 3.20. The summed E-state index contributed by atoms with van der Waals surface area (Å²) in [4.78, 5) is 40.8. The number of aromatic nitrogens is 3. The van der Waals surface area contributed by atoms with Gasteiger partial charge in [-0.1, -0.05) is 11.6 Å². The van der Waals surface area contributed by atoms with E-state index in [0.717, 1.165) is 16.7 Å². The van der Waals surface area contributed by atoms with Crippen LogP contribution in [-0.4, -0.2) is 20.0 Å². The van der Waals surface area contributed by atoms with E-state index in [9.17, 15) is 23.2 Å². The molecule has 0 saturated carbocycles. The number of H-pyrrole nitrogens is 1. The Bertz CT molecular complexity index is 1420. The van der Waals surface area contributed by atoms with E-state index in [0.29, 0.717) is 10.7 Å². The van der Waals surface area contributed by atoms with Gasteiger partial charge < -0.3 is 14.9 Å². The van der Waals surface area contributed by atoms with E-state index >= 15 is 0 Å². The molecule has 0 atom stereocenters. The fourth-order valence-electron chi connectivity index (χ4n) is 3.14. The standard InChI is InChI=1S/C20H13ClF2N4O3/c1-26-9-13(18(28)24-11-4-7-14(22)15(23)8-11)16-17(26)19(29)27(20(30)25-16)12-5-2-10(21)3-6-12/h2-9H,1H3,(H,24,28)(H,25,30). The summed E-state index contributed by atoms with van der Waals surface area (Å²) in [6.07, 6.45) is 1.36. The Morgan fingerprint density at radius 2 is 1.77 bits per heavy atom. The number of rotatable bonds is 3. The third kappa shape index (κ3) is 3.29. The monoisotopic (exact) mass is 430 g/mol. The minimum Gasteiger partial charge on any atom is -0.344 e. The molecule has 2 heterocycles. The number of anilines is 1. The van der Waals surface area contributed by atoms with Crippen LogP contribution in [0.5, 0.6) is 0 Å². The normalized spacial score (nSPS) is 11.1. The SMILES string of the molecule is Cn1cc(C(=O)Nc2ccc(F)c(F)c2)c2[nH]c(=O)n(-c3ccc(Cl)cc3)c(=O)c21. The summed E-state index contributed by atoms with van der Waals surface area (Å²) in [6.45, 7) is 0. The van der Waals surface area contributed by atoms with Crippen LogP contribution >= 0.6 is 11.6 Å². The number of halogens is 3. The average molecular weight is 431 g/mol. The molecule has 152 valence electrons. The number of amides is 1. The van der Waals surface area contributed by atoms with E-state index in [1.54, 1.807) is 19.2 Å². The Balaban J connectivity index is 1.82. The zero-order valence-corrected chi connectivity index (χ0v) is 16.1. The van der Waals surface area contributed by atoms with E-state index in [1.807, 2.05) is 0 Å². The van der Waals surface area contributed by atoms with Crippen LogP contribution in [0.2, 0.25) is 5.02 Å². The Hall–Kier alpha value is -3.72. The Morgan fingerprint density at radius 1 is 1.07 bits per heavy atom. The van der Waals surface area contributed by atoms with Gasteiger partial charge in [-0.25, -0.2) is 18.1 Å². The number of nitrogens with zero attached hydrogens (tertiary/aromatic N) is 2. The lowest BCUT2D eigenvalue weighted by Gasteiger charge is -2.07. The highest BCUT2D eigenvalue weighted by molar-refractivity contribution is 6.30. The molecule has 10 heteroatoms. The lowest BCUT2D eigenvalue weighted by molar-refractivity contribution is 0.102. The topological polar surface area (TPSA) is 88.9 Å². The maximum absolute atomic E-state index is 13.4. The maximum Gasteiger partial charge on any atom is 0.333 e. The molecule has 0 aliphatic rings. The van der Waals surface area contributed by atoms with Gasteiger partial charge >= 0.3 is 5.69 Å². The van der Waals surface area contributed by atoms with Crippen molar-refractivity contribution in [3.05, 3.63) is 91.7 Å². The highest BCUT2D eigenvalue weighted by Gasteiger charge is 2.20. The molecular weight excluding hydrogens is 418 g/mol. The number of carbonyl (C=O) groups excluding carboxylic acids is 1. The van der Waals surface area contributed by atoms with Crippen molar-refractivity contribution < 1.29 is 13.6 Å². The summed E-state index contributed by atoms with van der Waals surface area (Å²) in [5.41, 5.74) is -0.949. The number of fused-ring (bicyclic) bond motifs is 1. The van der Waals surface area contributed by atoms with Gasteiger partial charge in [-0.2, -0.15) is 0 Å². The summed E-state index contributed by atoms with van der Waals surface area (Å²) < 4.78 is 28.8. The maximum atomic E-state index is 13.4. The fourth-order valence-corrected chi connectivity index (χ4v) is 3.27. The first kappa shape index (κ1) is 19.6. The van der Waals surface area contributed by atoms with Crippen molar-refractivity contribution >= 4 is 34.2 Å². The summed E-state index contributed by atoms with van der Waals surface area (Å²) in [5.74, 6) is -2.87. The third-order valence-corrected chi connectivity index (χ3v) is 4.78. The van der Waals surface area contributed by atoms with Crippen LogP contribution < -0.4 is 16.6 Å². The van der Waals surface area contributed by atoms with Gasteiger partial charge in [0.15, 0.2) is 11.6 Å². The molecule has 1 amide bonds. The van der Waals surface area contributed by atoms with Crippen molar-refractivity contribution in [1.29, 1.82) is 0 Å². The first-order chi connectivity index (χ1) is 14.3. The largest absolute Gasteiger partial charge is 0.344 e. The minimum absolute atomic E-state index is 0.00492. The quantitative estimate of drug-likeness (QED) is 0.523. The van der Waals surface area contributed by atoms with Crippen molar-refractivity contribution in [2.45, 2.75) is 0 Å². The smallest absolute Gasteiger partial charge is 0.333 e. The van der Waals surface area contributed by atoms with Gasteiger partial charge in [0.05, 0.1) is 16.8 Å². The molecule has 4 aromatic rings. The molecule has 0 fully saturated rings. The van der Waals surface area contributed by atoms with Crippen LogP contribution in [0, 0.1) is 11.6 Å². The van der Waals surface area contributed by atoms with Crippen LogP contribution in [0.15, 0.2) is 58.3 Å². The molecule has 0 aliphatic carbocycles. The number of nitrogens with one attached hydrogen (secondary N) is 2. The van der Waals surface area contributed by atoms with Crippen LogP contribution in [-0.2, 0) is 7.05 Å². The lowest BCUT2D eigenvalue weighted by Crippen LogP contribution is -2.34. The van der Waals surface area contributed by atoms with Gasteiger partial charge in [0.2, 0.25) is 0 Å². The van der Waals surface area contributed by atoms with Crippen molar-refractivity contribution in [1.82, 2.24) is 14.1 Å². The highest BCUT2D eigenvalue weighted by atomic mass is 35.5. The molecule has 0 saturated heterocycles. The first-order valence-corrected chi connectivity index (χ1v) is 9.01. The molecule has 4 rings (SSSR count). The number of hydrogen-bond acceptors (Lipinski definition) is 3. The highest BCUT2D eigenvalue weighted by Crippen LogP contribution is 2.19. The Morgan fingerprint density at radius 3 is 2.43 bits per heavy atom. The summed E-state index contributed by atoms with van der Waals surface area (Å²) in [7, 11) is 1.54. The Kier molecular flexibility index (Phi) is 4.75. The molecular formula is C20H13ClF2N4O3. The van der Waals surface area contributed by atoms with Crippen molar-refractivity contribution in [3.63, 3.8) is 0 Å². The van der Waals surface area contributed by atoms with Gasteiger partial charge in [-0.05, 0) is 36.4 Å². The predicted molar refractivity (Wildman–Crippen MR) is 108 cm³/mol. The summed E-state index contributed by atoms with van der Waals surface area (Å²) in [5, 5.41) is 2.86. The van der Waals surface area contributed by atoms with Gasteiger partial charge in [0, 0.05) is 30.0 Å². The number of aryl methyl sites for hydroxylation is 1. The van der Waals surface area contributed by atoms with Crippen LogP contribution in [0.3, 0.4) is 0 Å². The van der Waals surface area contributed by atoms with Crippen molar-refractivity contribution in [2.24, 2.45) is 7.05 Å². The first-order valence-electron chi connectivity index (χ1n) is 8.63. The van der Waals surface area contributed by atoms with E-state index in [-0.39, 0.29) is 22.3 Å². The minimum atomic E-state index is -1.12. The number of aromatic amines is 1. The van der Waals surface area contributed by atoms with E-state index in [1.165, 1.54) is 29.0 Å². The van der Waals surface area contributed by atoms with Gasteiger partial charge in [-0.15, -0.1) is 0 Å². The average Bonchev–Trinajstić information content (AvgIpc) is 3.02. The molecule has 2 aromatic carbocycles. The second-order valence-electron chi connectivity index (χ2n) is 6.51. The zero-order chi connectivity index (χ0) is 21.6. The number of benzene rings is 2. The van der Waals surface area contributed by atoms with Gasteiger partial charge in [0.1, 0.15) is 5.52 Å². The van der Waals surface area contributed by atoms with Gasteiger partial charge in [0.25, 0.3) is 11.5 Å². The summed E-state index contributed by atoms with van der Waals surface area (Å²) in [6, 6.07) is 9.01. The summed E-state index contributed by atoms with van der Waals surface area (Å²) >= 11 is 5.86. The molecule has 0 spiro atoms. The fraction of sp³-hybridized carbons (Fsp3) is 0.0500. The van der Waals surface area contributed by atoms with E-state index in [2.05, 4.69) is 10.3 Å². The molecule has 0 radical (unpaired) electrons. The Labute approximate surface area is 172 Å². The van der Waals surface area contributed by atoms with Gasteiger partial charge in [-0.3, -0.25) is 9.59 Å². The van der Waals surface area contributed by atoms with Crippen molar-refractivity contribution in [2.75, 3.05) is 5.32 Å². The molecule has 2 N–H and O–H groups in total. The van der Waals surface area contributed by atoms with E-state index < -0.39 is 28.8 Å². The molecule has 2 aromatic heterocycles. The molecule has 7 nitrogen and oxygen atoms in total. The lowest BCUT2D eigenvalue weighted by atomic mass is 10.2. The number of carbonyl (C=O) groups is 1. The van der Waals surface area contributed by atoms with Crippen LogP contribution in [0.25, 0.3) is 16.7 Å². The zero-order valence-electron chi connectivity index (χ0n) is 15.4. The number of hydrogen-bond donors (Lipinski definition) is 2. The second-order valence-corrected chi connectivity index (χ2v) is 6.94. The molecule has 0 bridgehead atoms. The molecule has 30 heavy (non-hydrogen) atoms. The molecule has 0 aliphatic heterocycles. The second kappa shape index (κ2) is 7.27. The van der Waals surface area contributed by atoms with Crippen molar-refractivity contribution in [3.8, 4) is 5.69 Å². The van der Waals surface area contributed by atoms with E-state index in [4.69, 9.17) is 11.6 Å².